The first-order valence-electron chi connectivity index (χ1n) is 31.5. The Morgan fingerprint density at radius 3 is 1.40 bits per heavy atom. The van der Waals surface area contributed by atoms with Gasteiger partial charge in [-0.25, -0.2) is 4.79 Å². The van der Waals surface area contributed by atoms with Gasteiger partial charge in [0.05, 0.1) is 6.42 Å². The standard InChI is InChI=1S/C61H88N10O23/c1-4-32(2)51(69-58(90)44-13-8-28-70(44)59(91)39(20-25-48(78)79)66-55(87)41(63-45(73)22-27-50(82)83)31-35-14-16-36(72)17-15-35)60(92)71-29-9-12-43(71)57(89)65-38(19-24-47(76)77)54(86)64-37(18-23-46(74)75)53(85)62-33(3)52(84)68-42(30-34-10-6-5-7-11-34)56(88)67-40(61(93)94)21-26-49(80)81/h14-17,32-34,37-44,51,72H,4-13,18-31H2,1-3H3,(H,62,85)(H,63,73)(H,64,86)(H,65,89)(H,66,87)(H,67,88)(H,68,84)(H,69,90)(H,74,75)(H,76,77)(H,78,79)(H,80,81)(H,82,83)(H,93,94). The SMILES string of the molecule is CCC(C)C(NC(=O)C1CCCN1C(=O)C(CCC(=O)O)NC(=O)C(Cc1ccc(O)cc1)NC(=O)CCC(=O)O)C(=O)N1CCCC1C(=O)NC(CCC(=O)O)C(=O)NC(CCC(=O)O)C(=O)NC(C)C(=O)NC(CC1CCCCC1)C(=O)NC(CCC(=O)O)C(=O)O. The summed E-state index contributed by atoms with van der Waals surface area (Å²) in [6.45, 7) is 4.44. The summed E-state index contributed by atoms with van der Waals surface area (Å²) in [5.41, 5.74) is 0.426. The predicted molar refractivity (Wildman–Crippen MR) is 325 cm³/mol. The average molecular weight is 1330 g/mol. The summed E-state index contributed by atoms with van der Waals surface area (Å²) >= 11 is 0. The number of nitrogens with one attached hydrogen (secondary N) is 8. The molecule has 0 bridgehead atoms. The van der Waals surface area contributed by atoms with E-state index in [9.17, 15) is 102 Å². The highest BCUT2D eigenvalue weighted by Crippen LogP contribution is 2.28. The van der Waals surface area contributed by atoms with Crippen LogP contribution in [0.4, 0.5) is 0 Å². The molecule has 1 aliphatic carbocycles. The van der Waals surface area contributed by atoms with Crippen LogP contribution < -0.4 is 42.5 Å². The summed E-state index contributed by atoms with van der Waals surface area (Å²) in [6, 6.07) is -9.48. The normalized spacial score (nSPS) is 18.3. The van der Waals surface area contributed by atoms with Gasteiger partial charge in [0.25, 0.3) is 0 Å². The van der Waals surface area contributed by atoms with Crippen molar-refractivity contribution in [3.8, 4) is 5.75 Å². The zero-order valence-corrected chi connectivity index (χ0v) is 52.8. The van der Waals surface area contributed by atoms with Crippen LogP contribution >= 0.6 is 0 Å². The van der Waals surface area contributed by atoms with E-state index in [0.717, 1.165) is 29.1 Å². The summed E-state index contributed by atoms with van der Waals surface area (Å²) in [7, 11) is 0. The van der Waals surface area contributed by atoms with Gasteiger partial charge in [0, 0.05) is 51.6 Å². The van der Waals surface area contributed by atoms with Crippen LogP contribution in [0.15, 0.2) is 24.3 Å². The average Bonchev–Trinajstić information content (AvgIpc) is 1.60. The van der Waals surface area contributed by atoms with Crippen LogP contribution in [-0.2, 0) is 83.1 Å². The van der Waals surface area contributed by atoms with Crippen LogP contribution in [0.1, 0.15) is 161 Å². The van der Waals surface area contributed by atoms with Gasteiger partial charge in [-0.3, -0.25) is 71.9 Å². The zero-order chi connectivity index (χ0) is 69.9. The molecule has 33 nitrogen and oxygen atoms in total. The van der Waals surface area contributed by atoms with Crippen molar-refractivity contribution in [2.24, 2.45) is 11.8 Å². The number of carbonyl (C=O) groups excluding carboxylic acids is 10. The van der Waals surface area contributed by atoms with Crippen molar-refractivity contribution in [1.29, 1.82) is 0 Å². The fourth-order valence-corrected chi connectivity index (χ4v) is 11.4. The smallest absolute Gasteiger partial charge is 0.326 e. The second-order valence-electron chi connectivity index (χ2n) is 24.0. The largest absolute Gasteiger partial charge is 0.508 e. The molecule has 1 aromatic rings. The summed E-state index contributed by atoms with van der Waals surface area (Å²) < 4.78 is 0. The van der Waals surface area contributed by atoms with Gasteiger partial charge < -0.3 is 88.1 Å². The third-order valence-electron chi connectivity index (χ3n) is 16.8. The molecule has 11 unspecified atom stereocenters. The molecule has 15 N–H and O–H groups in total. The van der Waals surface area contributed by atoms with Crippen LogP contribution in [-0.4, -0.2) is 214 Å². The Kier molecular flexibility index (Phi) is 31.0. The minimum atomic E-state index is -1.76. The number of carboxylic acids is 6. The molecule has 1 saturated carbocycles. The number of nitrogens with zero attached hydrogens (tertiary/aromatic N) is 2. The number of carboxylic acid groups (broad SMARTS) is 6. The molecule has 11 atom stereocenters. The number of phenolic OH excluding ortho intramolecular Hbond substituents is 1. The molecular weight excluding hydrogens is 1240 g/mol. The molecule has 33 heteroatoms. The molecule has 0 radical (unpaired) electrons. The van der Waals surface area contributed by atoms with Crippen molar-refractivity contribution in [2.45, 2.75) is 222 Å². The van der Waals surface area contributed by atoms with E-state index in [2.05, 4.69) is 42.5 Å². The van der Waals surface area contributed by atoms with Gasteiger partial charge in [-0.1, -0.05) is 64.5 Å². The van der Waals surface area contributed by atoms with Crippen molar-refractivity contribution in [2.75, 3.05) is 13.1 Å². The minimum Gasteiger partial charge on any atom is -0.508 e. The van der Waals surface area contributed by atoms with Gasteiger partial charge in [-0.15, -0.1) is 0 Å². The number of amides is 10. The molecule has 4 rings (SSSR count). The summed E-state index contributed by atoms with van der Waals surface area (Å²) in [5, 5.41) is 86.3. The second kappa shape index (κ2) is 37.9. The first kappa shape index (κ1) is 77.0. The van der Waals surface area contributed by atoms with Gasteiger partial charge in [-0.2, -0.15) is 0 Å². The Morgan fingerprint density at radius 2 is 0.883 bits per heavy atom. The Balaban J connectivity index is 1.52. The number of benzene rings is 1. The molecule has 0 spiro atoms. The lowest BCUT2D eigenvalue weighted by Gasteiger charge is -2.34. The fraction of sp³-hybridized carbons (Fsp3) is 0.639. The lowest BCUT2D eigenvalue weighted by molar-refractivity contribution is -0.146. The maximum atomic E-state index is 14.7. The fourth-order valence-electron chi connectivity index (χ4n) is 11.4. The predicted octanol–water partition coefficient (Wildman–Crippen LogP) is -0.760. The zero-order valence-electron chi connectivity index (χ0n) is 52.8. The number of aliphatic carboxylic acids is 6. The topological polar surface area (TPSA) is 517 Å². The van der Waals surface area contributed by atoms with E-state index in [0.29, 0.717) is 18.4 Å². The molecule has 10 amide bonds. The number of hydrogen-bond acceptors (Lipinski definition) is 17. The molecule has 0 aromatic heterocycles. The number of hydrogen-bond donors (Lipinski definition) is 15. The first-order chi connectivity index (χ1) is 44.4. The lowest BCUT2D eigenvalue weighted by atomic mass is 9.84. The van der Waals surface area contributed by atoms with Crippen LogP contribution in [0.3, 0.4) is 0 Å². The molecule has 3 fully saturated rings. The van der Waals surface area contributed by atoms with Crippen molar-refractivity contribution in [3.63, 3.8) is 0 Å². The maximum Gasteiger partial charge on any atom is 0.326 e. The number of phenols is 1. The van der Waals surface area contributed by atoms with Crippen LogP contribution in [0.25, 0.3) is 0 Å². The maximum absolute atomic E-state index is 14.7. The second-order valence-corrected chi connectivity index (χ2v) is 24.0. The van der Waals surface area contributed by atoms with E-state index in [1.165, 1.54) is 31.2 Å². The number of carbonyl (C=O) groups is 16. The number of rotatable bonds is 39. The Hall–Kier alpha value is -9.46. The van der Waals surface area contributed by atoms with Crippen molar-refractivity contribution >= 4 is 94.9 Å². The molecule has 2 aliphatic heterocycles. The molecule has 2 saturated heterocycles. The molecule has 1 aromatic carbocycles. The molecule has 94 heavy (non-hydrogen) atoms. The highest BCUT2D eigenvalue weighted by atomic mass is 16.4. The first-order valence-corrected chi connectivity index (χ1v) is 31.5. The minimum absolute atomic E-state index is 0.000184. The highest BCUT2D eigenvalue weighted by molar-refractivity contribution is 5.99. The molecule has 3 aliphatic rings. The monoisotopic (exact) mass is 1330 g/mol. The summed E-state index contributed by atoms with van der Waals surface area (Å²) in [4.78, 5) is 212. The van der Waals surface area contributed by atoms with Gasteiger partial charge in [0.15, 0.2) is 0 Å². The van der Waals surface area contributed by atoms with Crippen LogP contribution in [0.5, 0.6) is 5.75 Å². The Bertz CT molecular complexity index is 2920. The van der Waals surface area contributed by atoms with E-state index in [1.807, 2.05) is 0 Å². The van der Waals surface area contributed by atoms with Gasteiger partial charge in [-0.05, 0) is 94.2 Å². The van der Waals surface area contributed by atoms with Crippen molar-refractivity contribution in [1.82, 2.24) is 52.3 Å². The van der Waals surface area contributed by atoms with E-state index in [-0.39, 0.29) is 69.7 Å². The van der Waals surface area contributed by atoms with Crippen molar-refractivity contribution in [3.05, 3.63) is 29.8 Å². The van der Waals surface area contributed by atoms with E-state index < -0.39 is 225 Å². The van der Waals surface area contributed by atoms with Crippen LogP contribution in [0.2, 0.25) is 0 Å². The summed E-state index contributed by atoms with van der Waals surface area (Å²) in [5.74, 6) is -18.5. The molecule has 2 heterocycles. The third kappa shape index (κ3) is 25.2. The van der Waals surface area contributed by atoms with Gasteiger partial charge in [0.1, 0.15) is 66.2 Å². The Morgan fingerprint density at radius 1 is 0.447 bits per heavy atom. The molecule has 520 valence electrons. The highest BCUT2D eigenvalue weighted by Gasteiger charge is 2.44. The van der Waals surface area contributed by atoms with Crippen LogP contribution in [0, 0.1) is 11.8 Å². The lowest BCUT2D eigenvalue weighted by Crippen LogP contribution is -2.61. The number of likely N-dealkylation sites (tertiary alicyclic amines) is 2. The summed E-state index contributed by atoms with van der Waals surface area (Å²) in [6.07, 6.45) is -1.39. The third-order valence-corrected chi connectivity index (χ3v) is 16.8. The van der Waals surface area contributed by atoms with E-state index in [4.69, 9.17) is 10.2 Å². The number of aromatic hydroxyl groups is 1. The molecular formula is C61H88N10O23. The quantitative estimate of drug-likeness (QED) is 0.0385. The van der Waals surface area contributed by atoms with E-state index in [1.54, 1.807) is 13.8 Å². The van der Waals surface area contributed by atoms with Crippen molar-refractivity contribution < 1.29 is 112 Å². The van der Waals surface area contributed by atoms with Gasteiger partial charge in [0.2, 0.25) is 59.1 Å². The van der Waals surface area contributed by atoms with E-state index >= 15 is 0 Å². The van der Waals surface area contributed by atoms with Gasteiger partial charge >= 0.3 is 35.8 Å². The Labute approximate surface area is 541 Å².